The topological polar surface area (TPSA) is 58.3 Å². The number of aliphatic hydroxyl groups excluding tert-OH is 1. The second-order valence-electron chi connectivity index (χ2n) is 2.56. The largest absolute Gasteiger partial charge is 0.379 e. The predicted molar refractivity (Wildman–Crippen MR) is 42.6 cm³/mol. The SMILES string of the molecule is CCCC(CN)NC(C)O. The smallest absolute Gasteiger partial charge is 0.102 e. The van der Waals surface area contributed by atoms with E-state index < -0.39 is 6.23 Å². The van der Waals surface area contributed by atoms with Gasteiger partial charge in [0.15, 0.2) is 0 Å². The van der Waals surface area contributed by atoms with Crippen LogP contribution in [0, 0.1) is 0 Å². The summed E-state index contributed by atoms with van der Waals surface area (Å²) in [6.45, 7) is 4.41. The normalized spacial score (nSPS) is 16.8. The number of hydrogen-bond acceptors (Lipinski definition) is 3. The van der Waals surface area contributed by atoms with Crippen LogP contribution >= 0.6 is 0 Å². The lowest BCUT2D eigenvalue weighted by atomic mass is 10.2. The van der Waals surface area contributed by atoms with Crippen molar-refractivity contribution in [1.82, 2.24) is 5.32 Å². The lowest BCUT2D eigenvalue weighted by molar-refractivity contribution is 0.139. The molecular formula is C7H18N2O. The van der Waals surface area contributed by atoms with E-state index in [0.717, 1.165) is 12.8 Å². The molecule has 0 radical (unpaired) electrons. The third-order valence-electron chi connectivity index (χ3n) is 1.40. The molecule has 0 aromatic heterocycles. The van der Waals surface area contributed by atoms with Crippen molar-refractivity contribution in [3.8, 4) is 0 Å². The first-order valence-corrected chi connectivity index (χ1v) is 3.84. The molecule has 10 heavy (non-hydrogen) atoms. The average Bonchev–Trinajstić information content (AvgIpc) is 1.86. The molecule has 0 fully saturated rings. The summed E-state index contributed by atoms with van der Waals surface area (Å²) < 4.78 is 0. The number of nitrogens with one attached hydrogen (secondary N) is 1. The molecule has 0 rings (SSSR count). The Balaban J connectivity index is 3.39. The van der Waals surface area contributed by atoms with Crippen LogP contribution in [-0.4, -0.2) is 23.9 Å². The highest BCUT2D eigenvalue weighted by atomic mass is 16.3. The van der Waals surface area contributed by atoms with Crippen molar-refractivity contribution in [2.24, 2.45) is 5.73 Å². The predicted octanol–water partition coefficient (Wildman–Crippen LogP) is 0.0417. The van der Waals surface area contributed by atoms with Gasteiger partial charge in [-0.1, -0.05) is 13.3 Å². The van der Waals surface area contributed by atoms with Crippen molar-refractivity contribution in [3.63, 3.8) is 0 Å². The van der Waals surface area contributed by atoms with Crippen LogP contribution in [0.1, 0.15) is 26.7 Å². The number of aliphatic hydroxyl groups is 1. The van der Waals surface area contributed by atoms with Gasteiger partial charge in [-0.25, -0.2) is 0 Å². The van der Waals surface area contributed by atoms with Gasteiger partial charge in [0, 0.05) is 12.6 Å². The fraction of sp³-hybridized carbons (Fsp3) is 1.00. The summed E-state index contributed by atoms with van der Waals surface area (Å²) in [4.78, 5) is 0. The molecule has 0 spiro atoms. The third kappa shape index (κ3) is 4.73. The lowest BCUT2D eigenvalue weighted by Gasteiger charge is -2.17. The third-order valence-corrected chi connectivity index (χ3v) is 1.40. The number of nitrogens with two attached hydrogens (primary N) is 1. The highest BCUT2D eigenvalue weighted by molar-refractivity contribution is 4.66. The first kappa shape index (κ1) is 9.88. The van der Waals surface area contributed by atoms with Crippen LogP contribution in [0.15, 0.2) is 0 Å². The number of hydrogen-bond donors (Lipinski definition) is 3. The maximum absolute atomic E-state index is 8.91. The Morgan fingerprint density at radius 1 is 1.60 bits per heavy atom. The van der Waals surface area contributed by atoms with Crippen LogP contribution in [0.25, 0.3) is 0 Å². The maximum Gasteiger partial charge on any atom is 0.102 e. The fourth-order valence-electron chi connectivity index (χ4n) is 0.959. The number of rotatable bonds is 5. The molecule has 0 saturated carbocycles. The Bertz CT molecular complexity index is 76.0. The standard InChI is InChI=1S/C7H18N2O/c1-3-4-7(5-8)9-6(2)10/h6-7,9-10H,3-5,8H2,1-2H3. The Hall–Kier alpha value is -0.120. The van der Waals surface area contributed by atoms with Gasteiger partial charge in [-0.2, -0.15) is 0 Å². The van der Waals surface area contributed by atoms with Crippen LogP contribution in [0.5, 0.6) is 0 Å². The van der Waals surface area contributed by atoms with E-state index >= 15 is 0 Å². The molecule has 4 N–H and O–H groups in total. The van der Waals surface area contributed by atoms with Crippen LogP contribution in [0.2, 0.25) is 0 Å². The zero-order valence-corrected chi connectivity index (χ0v) is 6.80. The molecule has 0 aromatic carbocycles. The average molecular weight is 146 g/mol. The zero-order chi connectivity index (χ0) is 7.98. The van der Waals surface area contributed by atoms with Crippen molar-refractivity contribution in [3.05, 3.63) is 0 Å². The summed E-state index contributed by atoms with van der Waals surface area (Å²) in [6, 6.07) is 0.269. The molecule has 0 aliphatic rings. The summed E-state index contributed by atoms with van der Waals surface area (Å²) in [5.74, 6) is 0. The van der Waals surface area contributed by atoms with E-state index in [1.54, 1.807) is 6.92 Å². The molecule has 0 aromatic rings. The molecule has 0 saturated heterocycles. The van der Waals surface area contributed by atoms with Gasteiger partial charge < -0.3 is 10.8 Å². The highest BCUT2D eigenvalue weighted by Crippen LogP contribution is 1.94. The molecule has 0 heterocycles. The molecule has 0 bridgehead atoms. The van der Waals surface area contributed by atoms with Crippen molar-refractivity contribution >= 4 is 0 Å². The summed E-state index contributed by atoms with van der Waals surface area (Å²) in [7, 11) is 0. The molecule has 3 heteroatoms. The molecule has 3 nitrogen and oxygen atoms in total. The van der Waals surface area contributed by atoms with E-state index in [1.807, 2.05) is 0 Å². The van der Waals surface area contributed by atoms with Crippen LogP contribution < -0.4 is 11.1 Å². The first-order chi connectivity index (χ1) is 4.70. The summed E-state index contributed by atoms with van der Waals surface area (Å²) in [5.41, 5.74) is 5.43. The van der Waals surface area contributed by atoms with E-state index in [4.69, 9.17) is 10.8 Å². The van der Waals surface area contributed by atoms with E-state index in [-0.39, 0.29) is 6.04 Å². The van der Waals surface area contributed by atoms with Gasteiger partial charge >= 0.3 is 0 Å². The minimum Gasteiger partial charge on any atom is -0.379 e. The van der Waals surface area contributed by atoms with Crippen LogP contribution in [0.3, 0.4) is 0 Å². The molecule has 0 aliphatic carbocycles. The quantitative estimate of drug-likeness (QED) is 0.480. The Morgan fingerprint density at radius 3 is 2.50 bits per heavy atom. The second kappa shape index (κ2) is 5.65. The lowest BCUT2D eigenvalue weighted by Crippen LogP contribution is -2.41. The van der Waals surface area contributed by atoms with E-state index in [1.165, 1.54) is 0 Å². The summed E-state index contributed by atoms with van der Waals surface area (Å²) in [5, 5.41) is 11.9. The molecule has 0 amide bonds. The Labute approximate surface area is 62.6 Å². The van der Waals surface area contributed by atoms with E-state index in [0.29, 0.717) is 6.54 Å². The van der Waals surface area contributed by atoms with Crippen molar-refractivity contribution < 1.29 is 5.11 Å². The molecule has 0 aliphatic heterocycles. The van der Waals surface area contributed by atoms with Crippen molar-refractivity contribution in [2.45, 2.75) is 39.0 Å². The van der Waals surface area contributed by atoms with E-state index in [9.17, 15) is 0 Å². The monoisotopic (exact) mass is 146 g/mol. The molecular weight excluding hydrogens is 128 g/mol. The van der Waals surface area contributed by atoms with Gasteiger partial charge in [0.25, 0.3) is 0 Å². The molecule has 2 atom stereocenters. The molecule has 62 valence electrons. The van der Waals surface area contributed by atoms with Gasteiger partial charge in [-0.15, -0.1) is 0 Å². The second-order valence-corrected chi connectivity index (χ2v) is 2.56. The van der Waals surface area contributed by atoms with Crippen LogP contribution in [-0.2, 0) is 0 Å². The van der Waals surface area contributed by atoms with Gasteiger partial charge in [-0.05, 0) is 13.3 Å². The Kier molecular flexibility index (Phi) is 5.58. The first-order valence-electron chi connectivity index (χ1n) is 3.84. The van der Waals surface area contributed by atoms with Gasteiger partial charge in [0.2, 0.25) is 0 Å². The van der Waals surface area contributed by atoms with Gasteiger partial charge in [0.1, 0.15) is 6.23 Å². The zero-order valence-electron chi connectivity index (χ0n) is 6.80. The Morgan fingerprint density at radius 2 is 2.20 bits per heavy atom. The minimum absolute atomic E-state index is 0.269. The van der Waals surface area contributed by atoms with Gasteiger partial charge in [-0.3, -0.25) is 5.32 Å². The highest BCUT2D eigenvalue weighted by Gasteiger charge is 2.05. The van der Waals surface area contributed by atoms with E-state index in [2.05, 4.69) is 12.2 Å². The van der Waals surface area contributed by atoms with Gasteiger partial charge in [0.05, 0.1) is 0 Å². The minimum atomic E-state index is -0.444. The van der Waals surface area contributed by atoms with Crippen molar-refractivity contribution in [1.29, 1.82) is 0 Å². The fourth-order valence-corrected chi connectivity index (χ4v) is 0.959. The van der Waals surface area contributed by atoms with Crippen LogP contribution in [0.4, 0.5) is 0 Å². The van der Waals surface area contributed by atoms with Crippen molar-refractivity contribution in [2.75, 3.05) is 6.54 Å². The summed E-state index contributed by atoms with van der Waals surface area (Å²) >= 11 is 0. The summed E-state index contributed by atoms with van der Waals surface area (Å²) in [6.07, 6.45) is 1.68. The maximum atomic E-state index is 8.91. The molecule has 2 unspecified atom stereocenters.